The van der Waals surface area contributed by atoms with Crippen LogP contribution in [0.5, 0.6) is 0 Å². The summed E-state index contributed by atoms with van der Waals surface area (Å²) in [4.78, 5) is 12.6. The maximum absolute atomic E-state index is 12.6. The summed E-state index contributed by atoms with van der Waals surface area (Å²) in [7, 11) is 0. The van der Waals surface area contributed by atoms with Gasteiger partial charge in [-0.1, -0.05) is 13.8 Å². The van der Waals surface area contributed by atoms with Crippen molar-refractivity contribution in [3.05, 3.63) is 0 Å². The third-order valence-corrected chi connectivity index (χ3v) is 5.66. The molecule has 0 radical (unpaired) electrons. The number of carbonyl (C=O) groups excluding carboxylic acids is 1. The molecular weight excluding hydrogens is 256 g/mol. The van der Waals surface area contributed by atoms with E-state index in [1.54, 1.807) is 0 Å². The Morgan fingerprint density at radius 1 is 1.45 bits per heavy atom. The first-order chi connectivity index (χ1) is 9.41. The molecule has 3 aliphatic rings. The van der Waals surface area contributed by atoms with Crippen LogP contribution in [0.3, 0.4) is 0 Å². The molecule has 1 amide bonds. The molecular formula is C15H26N2O3. The van der Waals surface area contributed by atoms with Crippen LogP contribution in [-0.4, -0.2) is 42.9 Å². The molecule has 3 rings (SSSR count). The molecule has 3 unspecified atom stereocenters. The van der Waals surface area contributed by atoms with Crippen molar-refractivity contribution in [1.29, 1.82) is 0 Å². The summed E-state index contributed by atoms with van der Waals surface area (Å²) < 4.78 is 11.3. The summed E-state index contributed by atoms with van der Waals surface area (Å²) in [6.45, 7) is 7.55. The van der Waals surface area contributed by atoms with E-state index >= 15 is 0 Å². The Labute approximate surface area is 120 Å². The van der Waals surface area contributed by atoms with Crippen LogP contribution in [0.1, 0.15) is 40.0 Å². The second-order valence-corrected chi connectivity index (χ2v) is 7.00. The third-order valence-electron chi connectivity index (χ3n) is 5.66. The number of ether oxygens (including phenoxy) is 2. The highest BCUT2D eigenvalue weighted by atomic mass is 16.5. The van der Waals surface area contributed by atoms with Crippen molar-refractivity contribution in [3.8, 4) is 0 Å². The van der Waals surface area contributed by atoms with Gasteiger partial charge in [-0.3, -0.25) is 4.79 Å². The van der Waals surface area contributed by atoms with Crippen molar-refractivity contribution >= 4 is 5.91 Å². The van der Waals surface area contributed by atoms with Gasteiger partial charge in [-0.15, -0.1) is 0 Å². The van der Waals surface area contributed by atoms with Crippen molar-refractivity contribution in [1.82, 2.24) is 5.32 Å². The molecule has 3 atom stereocenters. The lowest BCUT2D eigenvalue weighted by Crippen LogP contribution is -2.80. The zero-order valence-electron chi connectivity index (χ0n) is 12.6. The minimum absolute atomic E-state index is 0.00537. The van der Waals surface area contributed by atoms with E-state index in [0.717, 1.165) is 32.5 Å². The van der Waals surface area contributed by atoms with Gasteiger partial charge in [0.25, 0.3) is 0 Å². The number of hydrogen-bond donors (Lipinski definition) is 2. The highest BCUT2D eigenvalue weighted by molar-refractivity contribution is 5.89. The fourth-order valence-corrected chi connectivity index (χ4v) is 4.21. The van der Waals surface area contributed by atoms with Crippen molar-refractivity contribution in [2.24, 2.45) is 17.1 Å². The molecule has 0 aromatic rings. The van der Waals surface area contributed by atoms with Crippen LogP contribution in [0.2, 0.25) is 0 Å². The average Bonchev–Trinajstić information content (AvgIpc) is 2.83. The van der Waals surface area contributed by atoms with E-state index in [4.69, 9.17) is 15.2 Å². The van der Waals surface area contributed by atoms with E-state index in [2.05, 4.69) is 5.32 Å². The van der Waals surface area contributed by atoms with Gasteiger partial charge in [-0.25, -0.2) is 0 Å². The van der Waals surface area contributed by atoms with Gasteiger partial charge in [0.15, 0.2) is 0 Å². The predicted molar refractivity (Wildman–Crippen MR) is 75.1 cm³/mol. The Morgan fingerprint density at radius 2 is 2.15 bits per heavy atom. The van der Waals surface area contributed by atoms with Gasteiger partial charge in [0, 0.05) is 30.6 Å². The topological polar surface area (TPSA) is 73.6 Å². The molecule has 5 nitrogen and oxygen atoms in total. The van der Waals surface area contributed by atoms with Gasteiger partial charge in [-0.2, -0.15) is 0 Å². The summed E-state index contributed by atoms with van der Waals surface area (Å²) in [5.41, 5.74) is 5.43. The lowest BCUT2D eigenvalue weighted by atomic mass is 9.48. The molecule has 0 bridgehead atoms. The third kappa shape index (κ3) is 1.76. The minimum atomic E-state index is -0.787. The Morgan fingerprint density at radius 3 is 2.80 bits per heavy atom. The van der Waals surface area contributed by atoms with Gasteiger partial charge in [0.05, 0.1) is 12.2 Å². The standard InChI is InChI=1S/C15H26N2O3/c1-4-19-10-7-9(8-10)17-13(18)15(16)11-5-6-20-12(11)14(15,2)3/h9-12H,4-8,16H2,1-3H3,(H,17,18). The quantitative estimate of drug-likeness (QED) is 0.800. The van der Waals surface area contributed by atoms with Crippen LogP contribution in [-0.2, 0) is 14.3 Å². The largest absolute Gasteiger partial charge is 0.378 e. The number of rotatable bonds is 4. The fourth-order valence-electron chi connectivity index (χ4n) is 4.21. The van der Waals surface area contributed by atoms with Crippen molar-refractivity contribution in [2.45, 2.75) is 63.8 Å². The maximum atomic E-state index is 12.6. The van der Waals surface area contributed by atoms with Crippen LogP contribution in [0.25, 0.3) is 0 Å². The molecule has 2 saturated carbocycles. The molecule has 20 heavy (non-hydrogen) atoms. The highest BCUT2D eigenvalue weighted by Crippen LogP contribution is 2.58. The van der Waals surface area contributed by atoms with Crippen LogP contribution >= 0.6 is 0 Å². The van der Waals surface area contributed by atoms with Crippen molar-refractivity contribution in [3.63, 3.8) is 0 Å². The Hall–Kier alpha value is -0.650. The summed E-state index contributed by atoms with van der Waals surface area (Å²) in [6.07, 6.45) is 3.14. The molecule has 0 spiro atoms. The fraction of sp³-hybridized carbons (Fsp3) is 0.933. The number of hydrogen-bond acceptors (Lipinski definition) is 4. The number of fused-ring (bicyclic) bond motifs is 1. The van der Waals surface area contributed by atoms with Gasteiger partial charge < -0.3 is 20.5 Å². The monoisotopic (exact) mass is 282 g/mol. The number of nitrogens with one attached hydrogen (secondary N) is 1. The number of amides is 1. The second-order valence-electron chi connectivity index (χ2n) is 7.00. The summed E-state index contributed by atoms with van der Waals surface area (Å²) >= 11 is 0. The first-order valence-corrected chi connectivity index (χ1v) is 7.74. The van der Waals surface area contributed by atoms with Gasteiger partial charge in [0.1, 0.15) is 5.54 Å². The number of nitrogens with two attached hydrogens (primary N) is 1. The average molecular weight is 282 g/mol. The highest BCUT2D eigenvalue weighted by Gasteiger charge is 2.71. The minimum Gasteiger partial charge on any atom is -0.378 e. The Balaban J connectivity index is 1.60. The molecule has 1 heterocycles. The first kappa shape index (κ1) is 14.3. The summed E-state index contributed by atoms with van der Waals surface area (Å²) in [5, 5.41) is 3.12. The SMILES string of the molecule is CCOC1CC(NC(=O)C2(N)C3CCOC3C2(C)C)C1. The maximum Gasteiger partial charge on any atom is 0.241 e. The zero-order chi connectivity index (χ0) is 14.5. The second kappa shape index (κ2) is 4.68. The predicted octanol–water partition coefficient (Wildman–Crippen LogP) is 0.813. The molecule has 3 fully saturated rings. The molecule has 3 N–H and O–H groups in total. The number of carbonyl (C=O) groups is 1. The van der Waals surface area contributed by atoms with E-state index in [0.29, 0.717) is 6.10 Å². The molecule has 114 valence electrons. The molecule has 1 aliphatic heterocycles. The normalized spacial score (nSPS) is 45.2. The van der Waals surface area contributed by atoms with Gasteiger partial charge in [0.2, 0.25) is 5.91 Å². The van der Waals surface area contributed by atoms with E-state index in [1.807, 2.05) is 20.8 Å². The Bertz CT molecular complexity index is 406. The van der Waals surface area contributed by atoms with Crippen LogP contribution < -0.4 is 11.1 Å². The van der Waals surface area contributed by atoms with E-state index in [1.165, 1.54) is 0 Å². The van der Waals surface area contributed by atoms with Crippen molar-refractivity contribution < 1.29 is 14.3 Å². The van der Waals surface area contributed by atoms with Gasteiger partial charge in [-0.05, 0) is 26.2 Å². The van der Waals surface area contributed by atoms with Crippen LogP contribution in [0.15, 0.2) is 0 Å². The molecule has 0 aromatic heterocycles. The van der Waals surface area contributed by atoms with Gasteiger partial charge >= 0.3 is 0 Å². The molecule has 0 aromatic carbocycles. The molecule has 1 saturated heterocycles. The molecule has 2 aliphatic carbocycles. The Kier molecular flexibility index (Phi) is 3.35. The summed E-state index contributed by atoms with van der Waals surface area (Å²) in [6, 6.07) is 0.219. The molecule has 5 heteroatoms. The zero-order valence-corrected chi connectivity index (χ0v) is 12.6. The van der Waals surface area contributed by atoms with E-state index in [-0.39, 0.29) is 29.4 Å². The van der Waals surface area contributed by atoms with E-state index < -0.39 is 5.54 Å². The van der Waals surface area contributed by atoms with Crippen LogP contribution in [0, 0.1) is 11.3 Å². The first-order valence-electron chi connectivity index (χ1n) is 7.74. The summed E-state index contributed by atoms with van der Waals surface area (Å²) in [5.74, 6) is 0.162. The smallest absolute Gasteiger partial charge is 0.241 e. The van der Waals surface area contributed by atoms with Crippen molar-refractivity contribution in [2.75, 3.05) is 13.2 Å². The van der Waals surface area contributed by atoms with E-state index in [9.17, 15) is 4.79 Å². The lowest BCUT2D eigenvalue weighted by molar-refractivity contribution is -0.177. The van der Waals surface area contributed by atoms with Crippen LogP contribution in [0.4, 0.5) is 0 Å². The lowest BCUT2D eigenvalue weighted by Gasteiger charge is -2.61.